The van der Waals surface area contributed by atoms with Crippen molar-refractivity contribution in [3.8, 4) is 5.75 Å². The Morgan fingerprint density at radius 2 is 1.88 bits per heavy atom. The van der Waals surface area contributed by atoms with Crippen LogP contribution in [0.25, 0.3) is 10.9 Å². The van der Waals surface area contributed by atoms with Crippen LogP contribution in [0.1, 0.15) is 12.8 Å². The molecule has 172 valence electrons. The summed E-state index contributed by atoms with van der Waals surface area (Å²) in [7, 11) is -3.73. The minimum atomic E-state index is -5.08. The monoisotopic (exact) mass is 471 g/mol. The molecule has 8 nitrogen and oxygen atoms in total. The molecule has 1 aromatic heterocycles. The first kappa shape index (κ1) is 23.5. The van der Waals surface area contributed by atoms with Crippen LogP contribution in [0.3, 0.4) is 0 Å². The maximum Gasteiger partial charge on any atom is 0.490 e. The molecule has 0 radical (unpaired) electrons. The summed E-state index contributed by atoms with van der Waals surface area (Å²) in [6.07, 6.45) is -1.28. The van der Waals surface area contributed by atoms with E-state index in [0.717, 1.165) is 23.5 Å². The summed E-state index contributed by atoms with van der Waals surface area (Å²) in [5, 5.41) is 15.3. The third kappa shape index (κ3) is 5.37. The first-order valence-corrected chi connectivity index (χ1v) is 11.0. The molecule has 0 bridgehead atoms. The van der Waals surface area contributed by atoms with E-state index in [4.69, 9.17) is 14.6 Å². The second-order valence-corrected chi connectivity index (χ2v) is 8.67. The highest BCUT2D eigenvalue weighted by Gasteiger charge is 2.38. The van der Waals surface area contributed by atoms with E-state index in [1.165, 1.54) is 0 Å². The fraction of sp³-hybridized carbons (Fsp3) is 0.300. The molecule has 1 aliphatic rings. The molecule has 1 atom stereocenters. The summed E-state index contributed by atoms with van der Waals surface area (Å²) in [5.74, 6) is -2.10. The van der Waals surface area contributed by atoms with Gasteiger partial charge in [0.05, 0.1) is 22.0 Å². The lowest BCUT2D eigenvalue weighted by molar-refractivity contribution is -0.192. The highest BCUT2D eigenvalue weighted by Crippen LogP contribution is 2.28. The first-order valence-electron chi connectivity index (χ1n) is 9.54. The molecule has 32 heavy (non-hydrogen) atoms. The number of aliphatic carboxylic acids is 1. The lowest BCUT2D eigenvalue weighted by atomic mass is 10.2. The van der Waals surface area contributed by atoms with Crippen molar-refractivity contribution in [1.82, 2.24) is 14.5 Å². The van der Waals surface area contributed by atoms with Crippen LogP contribution in [-0.4, -0.2) is 54.0 Å². The van der Waals surface area contributed by atoms with E-state index in [-0.39, 0.29) is 4.90 Å². The van der Waals surface area contributed by atoms with Crippen molar-refractivity contribution in [3.63, 3.8) is 0 Å². The number of carbonyl (C=O) groups is 1. The van der Waals surface area contributed by atoms with Crippen molar-refractivity contribution in [2.75, 3.05) is 13.2 Å². The molecule has 1 fully saturated rings. The van der Waals surface area contributed by atoms with Crippen molar-refractivity contribution in [1.29, 1.82) is 0 Å². The number of nitrogens with one attached hydrogen (secondary N) is 1. The molecule has 0 amide bonds. The van der Waals surface area contributed by atoms with Crippen molar-refractivity contribution < 1.29 is 36.2 Å². The molecule has 0 saturated carbocycles. The number of halogens is 3. The molecule has 1 saturated heterocycles. The molecule has 0 aliphatic carbocycles. The van der Waals surface area contributed by atoms with Crippen molar-refractivity contribution in [2.45, 2.75) is 30.0 Å². The van der Waals surface area contributed by atoms with Crippen LogP contribution >= 0.6 is 0 Å². The topological polar surface area (TPSA) is 111 Å². The average Bonchev–Trinajstić information content (AvgIpc) is 3.43. The lowest BCUT2D eigenvalue weighted by Gasteiger charge is -2.13. The van der Waals surface area contributed by atoms with E-state index in [2.05, 4.69) is 10.4 Å². The molecular weight excluding hydrogens is 451 g/mol. The van der Waals surface area contributed by atoms with Crippen LogP contribution in [0.2, 0.25) is 0 Å². The van der Waals surface area contributed by atoms with Gasteiger partial charge in [-0.05, 0) is 43.7 Å². The first-order chi connectivity index (χ1) is 15.1. The SMILES string of the molecule is O=C(O)C(F)(F)F.O=S(=O)(c1ccccc1)n1ncc2c(OC[C@@H]3CCCN3)cccc21. The summed E-state index contributed by atoms with van der Waals surface area (Å²) >= 11 is 0. The predicted octanol–water partition coefficient (Wildman–Crippen LogP) is 3.04. The fourth-order valence-corrected chi connectivity index (χ4v) is 4.39. The van der Waals surface area contributed by atoms with Crippen molar-refractivity contribution >= 4 is 26.9 Å². The van der Waals surface area contributed by atoms with Crippen LogP contribution in [0, 0.1) is 0 Å². The maximum absolute atomic E-state index is 12.8. The Bertz CT molecular complexity index is 1170. The number of carboxylic acid groups (broad SMARTS) is 1. The number of fused-ring (bicyclic) bond motifs is 1. The summed E-state index contributed by atoms with van der Waals surface area (Å²) in [6, 6.07) is 14.0. The van der Waals surface area contributed by atoms with Crippen LogP contribution in [0.5, 0.6) is 5.75 Å². The zero-order valence-electron chi connectivity index (χ0n) is 16.6. The van der Waals surface area contributed by atoms with Crippen molar-refractivity contribution in [2.24, 2.45) is 0 Å². The Morgan fingerprint density at radius 1 is 1.19 bits per heavy atom. The molecule has 1 aliphatic heterocycles. The molecule has 0 unspecified atom stereocenters. The number of ether oxygens (including phenoxy) is 1. The Labute approximate surface area is 181 Å². The van der Waals surface area contributed by atoms with E-state index in [1.807, 2.05) is 6.07 Å². The number of benzene rings is 2. The largest absolute Gasteiger partial charge is 0.491 e. The molecule has 2 heterocycles. The highest BCUT2D eigenvalue weighted by atomic mass is 32.2. The van der Waals surface area contributed by atoms with Gasteiger partial charge < -0.3 is 15.2 Å². The van der Waals surface area contributed by atoms with Gasteiger partial charge >= 0.3 is 12.1 Å². The minimum absolute atomic E-state index is 0.210. The average molecular weight is 471 g/mol. The zero-order valence-corrected chi connectivity index (χ0v) is 17.4. The van der Waals surface area contributed by atoms with E-state index < -0.39 is 22.2 Å². The van der Waals surface area contributed by atoms with E-state index in [1.54, 1.807) is 48.7 Å². The number of hydrogen-bond acceptors (Lipinski definition) is 6. The van der Waals surface area contributed by atoms with Gasteiger partial charge in [-0.1, -0.05) is 24.3 Å². The van der Waals surface area contributed by atoms with Gasteiger partial charge in [0.25, 0.3) is 10.0 Å². The second kappa shape index (κ2) is 9.57. The third-order valence-electron chi connectivity index (χ3n) is 4.65. The van der Waals surface area contributed by atoms with Crippen LogP contribution in [0.15, 0.2) is 59.6 Å². The van der Waals surface area contributed by atoms with Gasteiger partial charge in [0.1, 0.15) is 12.4 Å². The van der Waals surface area contributed by atoms with Crippen LogP contribution in [-0.2, 0) is 14.8 Å². The molecule has 0 spiro atoms. The highest BCUT2D eigenvalue weighted by molar-refractivity contribution is 7.90. The van der Waals surface area contributed by atoms with E-state index >= 15 is 0 Å². The Hall–Kier alpha value is -3.12. The zero-order chi connectivity index (χ0) is 23.4. The molecule has 12 heteroatoms. The van der Waals surface area contributed by atoms with Gasteiger partial charge in [-0.2, -0.15) is 30.8 Å². The molecule has 2 aromatic carbocycles. The van der Waals surface area contributed by atoms with Gasteiger partial charge in [-0.25, -0.2) is 4.79 Å². The number of alkyl halides is 3. The lowest BCUT2D eigenvalue weighted by Crippen LogP contribution is -2.28. The number of rotatable bonds is 5. The van der Waals surface area contributed by atoms with E-state index in [0.29, 0.717) is 29.3 Å². The van der Waals surface area contributed by atoms with Gasteiger partial charge in [0.2, 0.25) is 0 Å². The normalized spacial score (nSPS) is 16.4. The summed E-state index contributed by atoms with van der Waals surface area (Å²) in [6.45, 7) is 1.58. The van der Waals surface area contributed by atoms with Gasteiger partial charge in [0, 0.05) is 6.04 Å². The van der Waals surface area contributed by atoms with Crippen molar-refractivity contribution in [3.05, 3.63) is 54.7 Å². The Balaban J connectivity index is 0.000000360. The van der Waals surface area contributed by atoms with E-state index in [9.17, 15) is 21.6 Å². The summed E-state index contributed by atoms with van der Waals surface area (Å²) in [5.41, 5.74) is 0.515. The number of carboxylic acids is 1. The van der Waals surface area contributed by atoms with Gasteiger partial charge in [-0.3, -0.25) is 0 Å². The molecular formula is C20H20F3N3O5S. The third-order valence-corrected chi connectivity index (χ3v) is 6.27. The molecule has 2 N–H and O–H groups in total. The fourth-order valence-electron chi connectivity index (χ4n) is 3.10. The number of nitrogens with zero attached hydrogens (tertiary/aromatic N) is 2. The molecule has 3 aromatic rings. The predicted molar refractivity (Wildman–Crippen MR) is 109 cm³/mol. The van der Waals surface area contributed by atoms with Crippen LogP contribution in [0.4, 0.5) is 13.2 Å². The molecule has 4 rings (SSSR count). The maximum atomic E-state index is 12.8. The van der Waals surface area contributed by atoms with Gasteiger partial charge in [-0.15, -0.1) is 0 Å². The number of aromatic nitrogens is 2. The smallest absolute Gasteiger partial charge is 0.490 e. The quantitative estimate of drug-likeness (QED) is 0.589. The minimum Gasteiger partial charge on any atom is -0.491 e. The van der Waals surface area contributed by atoms with Gasteiger partial charge in [0.15, 0.2) is 0 Å². The Kier molecular flexibility index (Phi) is 7.04. The summed E-state index contributed by atoms with van der Waals surface area (Å²) < 4.78 is 64.4. The Morgan fingerprint density at radius 3 is 2.47 bits per heavy atom. The standard InChI is InChI=1S/C18H19N3O3S.C2HF3O2/c22-25(23,15-7-2-1-3-8-15)21-17-9-4-10-18(16(17)12-20-21)24-13-14-6-5-11-19-14;3-2(4,5)1(6)7/h1-4,7-10,12,14,19H,5-6,11,13H2;(H,6,7)/t14-;/m0./s1. The number of hydrogen-bond donors (Lipinski definition) is 2. The summed E-state index contributed by atoms with van der Waals surface area (Å²) in [4.78, 5) is 9.11. The second-order valence-electron chi connectivity index (χ2n) is 6.90. The van der Waals surface area contributed by atoms with Crippen LogP contribution < -0.4 is 10.1 Å².